The van der Waals surface area contributed by atoms with Crippen molar-refractivity contribution in [2.45, 2.75) is 13.0 Å². The van der Waals surface area contributed by atoms with Crippen LogP contribution in [0.5, 0.6) is 0 Å². The van der Waals surface area contributed by atoms with Gasteiger partial charge in [0.15, 0.2) is 5.82 Å². The average Bonchev–Trinajstić information content (AvgIpc) is 2.87. The second-order valence-corrected chi connectivity index (χ2v) is 4.23. The molecule has 0 amide bonds. The van der Waals surface area contributed by atoms with Crippen molar-refractivity contribution in [2.24, 2.45) is 0 Å². The zero-order valence-corrected chi connectivity index (χ0v) is 10.2. The van der Waals surface area contributed by atoms with Gasteiger partial charge in [-0.1, -0.05) is 42.5 Å². The summed E-state index contributed by atoms with van der Waals surface area (Å²) in [5.74, 6) is 0.706. The number of benzene rings is 2. The Hall–Kier alpha value is -2.74. The van der Waals surface area contributed by atoms with Gasteiger partial charge in [-0.15, -0.1) is 5.10 Å². The van der Waals surface area contributed by atoms with Crippen molar-refractivity contribution in [3.05, 3.63) is 53.9 Å². The summed E-state index contributed by atoms with van der Waals surface area (Å²) in [7, 11) is 0. The Balaban J connectivity index is 2.02. The highest BCUT2D eigenvalue weighted by molar-refractivity contribution is 5.85. The summed E-state index contributed by atoms with van der Waals surface area (Å²) < 4.78 is 1.53. The lowest BCUT2D eigenvalue weighted by Gasteiger charge is -2.05. The van der Waals surface area contributed by atoms with E-state index in [1.54, 1.807) is 0 Å². The molecule has 5 heteroatoms. The molecule has 1 aromatic heterocycles. The molecule has 0 aliphatic heterocycles. The van der Waals surface area contributed by atoms with Gasteiger partial charge >= 0.3 is 0 Å². The Morgan fingerprint density at radius 3 is 2.84 bits per heavy atom. The average molecular weight is 249 g/mol. The molecular formula is C14H11N5. The van der Waals surface area contributed by atoms with Crippen LogP contribution in [0.2, 0.25) is 0 Å². The van der Waals surface area contributed by atoms with Crippen molar-refractivity contribution in [2.75, 3.05) is 0 Å². The fourth-order valence-corrected chi connectivity index (χ4v) is 2.16. The predicted octanol–water partition coefficient (Wildman–Crippen LogP) is 1.94. The van der Waals surface area contributed by atoms with Crippen molar-refractivity contribution < 1.29 is 0 Å². The third-order valence-corrected chi connectivity index (χ3v) is 3.06. The Labute approximate surface area is 110 Å². The quantitative estimate of drug-likeness (QED) is 0.711. The van der Waals surface area contributed by atoms with Gasteiger partial charge in [-0.3, -0.25) is 0 Å². The smallest absolute Gasteiger partial charge is 0.156 e. The first kappa shape index (κ1) is 11.4. The molecule has 0 aliphatic carbocycles. The van der Waals surface area contributed by atoms with E-state index in [0.29, 0.717) is 12.2 Å². The molecular weight excluding hydrogens is 238 g/mol. The number of hydrogen-bond donors (Lipinski definition) is 0. The van der Waals surface area contributed by atoms with E-state index >= 15 is 0 Å². The van der Waals surface area contributed by atoms with E-state index in [1.165, 1.54) is 15.5 Å². The van der Waals surface area contributed by atoms with Crippen LogP contribution in [0.3, 0.4) is 0 Å². The van der Waals surface area contributed by atoms with E-state index < -0.39 is 0 Å². The van der Waals surface area contributed by atoms with Crippen molar-refractivity contribution in [3.63, 3.8) is 0 Å². The Morgan fingerprint density at radius 2 is 1.95 bits per heavy atom. The number of fused-ring (bicyclic) bond motifs is 1. The third-order valence-electron chi connectivity index (χ3n) is 3.06. The Bertz CT molecular complexity index is 748. The number of tetrazole rings is 1. The molecule has 0 unspecified atom stereocenters. The number of rotatable bonds is 3. The molecule has 0 radical (unpaired) electrons. The highest BCUT2D eigenvalue weighted by Gasteiger charge is 2.08. The van der Waals surface area contributed by atoms with E-state index in [9.17, 15) is 0 Å². The first-order chi connectivity index (χ1) is 9.38. The van der Waals surface area contributed by atoms with Crippen LogP contribution in [-0.4, -0.2) is 20.2 Å². The first-order valence-corrected chi connectivity index (χ1v) is 5.97. The predicted molar refractivity (Wildman–Crippen MR) is 70.2 cm³/mol. The van der Waals surface area contributed by atoms with Gasteiger partial charge in [-0.25, -0.2) is 4.68 Å². The summed E-state index contributed by atoms with van der Waals surface area (Å²) in [6, 6.07) is 16.4. The second kappa shape index (κ2) is 4.86. The highest BCUT2D eigenvalue weighted by Crippen LogP contribution is 2.20. The molecule has 3 rings (SSSR count). The van der Waals surface area contributed by atoms with E-state index in [4.69, 9.17) is 5.26 Å². The molecule has 0 N–H and O–H groups in total. The lowest BCUT2D eigenvalue weighted by Crippen LogP contribution is -2.05. The lowest BCUT2D eigenvalue weighted by atomic mass is 10.0. The number of nitrogens with zero attached hydrogens (tertiary/aromatic N) is 5. The molecule has 0 saturated carbocycles. The third kappa shape index (κ3) is 2.16. The zero-order valence-electron chi connectivity index (χ0n) is 10.2. The van der Waals surface area contributed by atoms with E-state index in [2.05, 4.69) is 45.9 Å². The molecule has 0 spiro atoms. The van der Waals surface area contributed by atoms with Crippen LogP contribution in [-0.2, 0) is 13.0 Å². The topological polar surface area (TPSA) is 67.4 Å². The first-order valence-electron chi connectivity index (χ1n) is 5.97. The van der Waals surface area contributed by atoms with E-state index in [1.807, 2.05) is 18.2 Å². The fraction of sp³-hybridized carbons (Fsp3) is 0.143. The Morgan fingerprint density at radius 1 is 1.11 bits per heavy atom. The molecule has 5 nitrogen and oxygen atoms in total. The summed E-state index contributed by atoms with van der Waals surface area (Å²) in [5, 5.41) is 22.6. The van der Waals surface area contributed by atoms with Crippen LogP contribution in [0.1, 0.15) is 11.4 Å². The van der Waals surface area contributed by atoms with Crippen molar-refractivity contribution >= 4 is 10.8 Å². The second-order valence-electron chi connectivity index (χ2n) is 4.23. The Kier molecular flexibility index (Phi) is 2.91. The summed E-state index contributed by atoms with van der Waals surface area (Å²) in [4.78, 5) is 0. The maximum absolute atomic E-state index is 8.73. The SMILES string of the molecule is N#CCn1nnnc1Cc1cccc2ccccc12. The van der Waals surface area contributed by atoms with Crippen LogP contribution in [0.15, 0.2) is 42.5 Å². The normalized spacial score (nSPS) is 10.5. The largest absolute Gasteiger partial charge is 0.215 e. The van der Waals surface area contributed by atoms with Crippen LogP contribution in [0, 0.1) is 11.3 Å². The molecule has 92 valence electrons. The van der Waals surface area contributed by atoms with Gasteiger partial charge in [0.05, 0.1) is 6.07 Å². The maximum Gasteiger partial charge on any atom is 0.156 e. The fourth-order valence-electron chi connectivity index (χ4n) is 2.16. The van der Waals surface area contributed by atoms with Crippen LogP contribution < -0.4 is 0 Å². The van der Waals surface area contributed by atoms with Crippen molar-refractivity contribution in [1.82, 2.24) is 20.2 Å². The van der Waals surface area contributed by atoms with Gasteiger partial charge in [0.25, 0.3) is 0 Å². The summed E-state index contributed by atoms with van der Waals surface area (Å²) in [5.41, 5.74) is 1.16. The van der Waals surface area contributed by atoms with Gasteiger partial charge in [-0.2, -0.15) is 5.26 Å². The van der Waals surface area contributed by atoms with Crippen molar-refractivity contribution in [3.8, 4) is 6.07 Å². The molecule has 0 bridgehead atoms. The van der Waals surface area contributed by atoms with E-state index in [-0.39, 0.29) is 6.54 Å². The van der Waals surface area contributed by atoms with Gasteiger partial charge < -0.3 is 0 Å². The van der Waals surface area contributed by atoms with Gasteiger partial charge in [-0.05, 0) is 26.8 Å². The summed E-state index contributed by atoms with van der Waals surface area (Å²) >= 11 is 0. The summed E-state index contributed by atoms with van der Waals surface area (Å²) in [6.45, 7) is 0.174. The minimum atomic E-state index is 0.174. The molecule has 1 heterocycles. The van der Waals surface area contributed by atoms with Gasteiger partial charge in [0.1, 0.15) is 6.54 Å². The number of aromatic nitrogens is 4. The zero-order chi connectivity index (χ0) is 13.1. The number of nitriles is 1. The van der Waals surface area contributed by atoms with Crippen molar-refractivity contribution in [1.29, 1.82) is 5.26 Å². The monoisotopic (exact) mass is 249 g/mol. The molecule has 0 atom stereocenters. The van der Waals surface area contributed by atoms with Gasteiger partial charge in [0, 0.05) is 6.42 Å². The molecule has 0 aliphatic rings. The van der Waals surface area contributed by atoms with Crippen LogP contribution >= 0.6 is 0 Å². The molecule has 3 aromatic rings. The lowest BCUT2D eigenvalue weighted by molar-refractivity contribution is 0.643. The minimum absolute atomic E-state index is 0.174. The molecule has 0 fully saturated rings. The summed E-state index contributed by atoms with van der Waals surface area (Å²) in [6.07, 6.45) is 0.621. The highest BCUT2D eigenvalue weighted by atomic mass is 15.5. The standard InChI is InChI=1S/C14H11N5/c15-8-9-19-14(16-17-18-19)10-12-6-3-5-11-4-1-2-7-13(11)12/h1-7H,9-10H2. The molecule has 0 saturated heterocycles. The van der Waals surface area contributed by atoms with Crippen LogP contribution in [0.25, 0.3) is 10.8 Å². The van der Waals surface area contributed by atoms with E-state index in [0.717, 1.165) is 5.56 Å². The molecule has 19 heavy (non-hydrogen) atoms. The van der Waals surface area contributed by atoms with Gasteiger partial charge in [0.2, 0.25) is 0 Å². The maximum atomic E-state index is 8.73. The number of hydrogen-bond acceptors (Lipinski definition) is 4. The minimum Gasteiger partial charge on any atom is -0.215 e. The molecule has 2 aromatic carbocycles. The van der Waals surface area contributed by atoms with Crippen LogP contribution in [0.4, 0.5) is 0 Å².